The number of nitrogens with one attached hydrogen (secondary N) is 1. The van der Waals surface area contributed by atoms with E-state index in [0.29, 0.717) is 25.3 Å². The summed E-state index contributed by atoms with van der Waals surface area (Å²) in [5.41, 5.74) is 5.03. The second-order valence-electron chi connectivity index (χ2n) is 7.72. The summed E-state index contributed by atoms with van der Waals surface area (Å²) in [6, 6.07) is 10.1. The van der Waals surface area contributed by atoms with Crippen LogP contribution in [0.1, 0.15) is 55.6 Å². The Morgan fingerprint density at radius 2 is 2.07 bits per heavy atom. The van der Waals surface area contributed by atoms with Gasteiger partial charge in [-0.25, -0.2) is 4.98 Å². The van der Waals surface area contributed by atoms with Crippen LogP contribution in [0.5, 0.6) is 11.5 Å². The van der Waals surface area contributed by atoms with Crippen molar-refractivity contribution in [3.05, 3.63) is 59.0 Å². The van der Waals surface area contributed by atoms with E-state index in [2.05, 4.69) is 28.9 Å². The summed E-state index contributed by atoms with van der Waals surface area (Å²) in [7, 11) is 0. The van der Waals surface area contributed by atoms with Gasteiger partial charge in [0.2, 0.25) is 5.91 Å². The summed E-state index contributed by atoms with van der Waals surface area (Å²) in [5, 5.41) is 2.98. The molecule has 0 unspecified atom stereocenters. The second-order valence-corrected chi connectivity index (χ2v) is 7.72. The monoisotopic (exact) mass is 393 g/mol. The van der Waals surface area contributed by atoms with Gasteiger partial charge >= 0.3 is 0 Å². The maximum absolute atomic E-state index is 12.5. The molecule has 1 N–H and O–H groups in total. The van der Waals surface area contributed by atoms with Crippen molar-refractivity contribution in [3.63, 3.8) is 0 Å². The van der Waals surface area contributed by atoms with Gasteiger partial charge < -0.3 is 19.2 Å². The number of nitrogens with zero attached hydrogens (tertiary/aromatic N) is 2. The summed E-state index contributed by atoms with van der Waals surface area (Å²) in [6.45, 7) is 8.99. The Morgan fingerprint density at radius 3 is 2.83 bits per heavy atom. The Hall–Kier alpha value is -3.02. The number of amides is 1. The van der Waals surface area contributed by atoms with E-state index in [4.69, 9.17) is 14.5 Å². The normalized spacial score (nSPS) is 16.4. The van der Waals surface area contributed by atoms with Crippen molar-refractivity contribution in [1.29, 1.82) is 0 Å². The molecule has 29 heavy (non-hydrogen) atoms. The van der Waals surface area contributed by atoms with Crippen molar-refractivity contribution >= 4 is 11.6 Å². The molecule has 0 spiro atoms. The lowest BCUT2D eigenvalue weighted by molar-refractivity contribution is -0.121. The van der Waals surface area contributed by atoms with E-state index in [9.17, 15) is 4.79 Å². The van der Waals surface area contributed by atoms with Gasteiger partial charge in [0.25, 0.3) is 0 Å². The standard InChI is InChI=1S/C23H27N3O3/c1-5-28-20-10-16(7-8-19(20)29-14(2)3)17-11-22(27)24-12-18-23(17)26-13-15(4)6-9-21(26)25-18/h6-10,13-14,17H,5,11-12H2,1-4H3,(H,24,27)/t17-/m0/s1. The van der Waals surface area contributed by atoms with Crippen molar-refractivity contribution in [3.8, 4) is 11.5 Å². The van der Waals surface area contributed by atoms with E-state index in [1.165, 1.54) is 0 Å². The summed E-state index contributed by atoms with van der Waals surface area (Å²) in [6.07, 6.45) is 2.51. The molecule has 1 aliphatic rings. The molecule has 0 saturated heterocycles. The maximum atomic E-state index is 12.5. The lowest BCUT2D eigenvalue weighted by atomic mass is 9.91. The van der Waals surface area contributed by atoms with Crippen molar-refractivity contribution in [2.75, 3.05) is 6.61 Å². The number of imidazole rings is 1. The lowest BCUT2D eigenvalue weighted by Gasteiger charge is -2.20. The van der Waals surface area contributed by atoms with Gasteiger partial charge in [-0.05, 0) is 57.0 Å². The van der Waals surface area contributed by atoms with Crippen LogP contribution in [0.15, 0.2) is 36.5 Å². The molecule has 152 valence electrons. The van der Waals surface area contributed by atoms with E-state index in [1.807, 2.05) is 45.0 Å². The SMILES string of the molecule is CCOc1cc([C@@H]2CC(=O)NCc3nc4ccc(C)cn4c32)ccc1OC(C)C. The number of pyridine rings is 1. The molecule has 1 amide bonds. The van der Waals surface area contributed by atoms with E-state index in [-0.39, 0.29) is 17.9 Å². The fourth-order valence-electron chi connectivity index (χ4n) is 3.89. The first-order chi connectivity index (χ1) is 14.0. The zero-order valence-electron chi connectivity index (χ0n) is 17.4. The van der Waals surface area contributed by atoms with Crippen LogP contribution in [0.3, 0.4) is 0 Å². The number of ether oxygens (including phenoxy) is 2. The van der Waals surface area contributed by atoms with Gasteiger partial charge in [0.1, 0.15) is 5.65 Å². The smallest absolute Gasteiger partial charge is 0.221 e. The molecule has 1 aromatic carbocycles. The number of benzene rings is 1. The second kappa shape index (κ2) is 7.78. The molecule has 1 atom stereocenters. The average Bonchev–Trinajstić information content (AvgIpc) is 2.94. The van der Waals surface area contributed by atoms with E-state index < -0.39 is 0 Å². The summed E-state index contributed by atoms with van der Waals surface area (Å²) in [5.74, 6) is 1.33. The molecule has 6 nitrogen and oxygen atoms in total. The van der Waals surface area contributed by atoms with E-state index in [1.54, 1.807) is 0 Å². The zero-order valence-corrected chi connectivity index (χ0v) is 17.4. The Bertz CT molecular complexity index is 1050. The Labute approximate surface area is 170 Å². The molecule has 0 radical (unpaired) electrons. The van der Waals surface area contributed by atoms with Gasteiger partial charge in [0.15, 0.2) is 11.5 Å². The molecule has 0 saturated carbocycles. The summed E-state index contributed by atoms with van der Waals surface area (Å²) in [4.78, 5) is 17.2. The molecule has 3 aromatic rings. The maximum Gasteiger partial charge on any atom is 0.221 e. The minimum atomic E-state index is -0.114. The van der Waals surface area contributed by atoms with Crippen molar-refractivity contribution in [2.45, 2.75) is 52.7 Å². The Balaban J connectivity index is 1.85. The third-order valence-corrected chi connectivity index (χ3v) is 5.08. The number of carbonyl (C=O) groups is 1. The molecule has 2 aromatic heterocycles. The van der Waals surface area contributed by atoms with E-state index >= 15 is 0 Å². The molecular formula is C23H27N3O3. The van der Waals surface area contributed by atoms with Crippen LogP contribution < -0.4 is 14.8 Å². The number of aryl methyl sites for hydroxylation is 1. The Kier molecular flexibility index (Phi) is 5.18. The van der Waals surface area contributed by atoms with Gasteiger partial charge in [-0.1, -0.05) is 12.1 Å². The number of fused-ring (bicyclic) bond motifs is 3. The highest BCUT2D eigenvalue weighted by atomic mass is 16.5. The fourth-order valence-corrected chi connectivity index (χ4v) is 3.89. The summed E-state index contributed by atoms with van der Waals surface area (Å²) < 4.78 is 13.9. The lowest BCUT2D eigenvalue weighted by Crippen LogP contribution is -2.21. The first-order valence-electron chi connectivity index (χ1n) is 10.1. The van der Waals surface area contributed by atoms with Crippen LogP contribution in [0, 0.1) is 6.92 Å². The first-order valence-corrected chi connectivity index (χ1v) is 10.1. The van der Waals surface area contributed by atoms with Gasteiger partial charge in [-0.3, -0.25) is 4.79 Å². The van der Waals surface area contributed by atoms with Crippen LogP contribution in [-0.4, -0.2) is 28.0 Å². The van der Waals surface area contributed by atoms with Crippen LogP contribution in [0.4, 0.5) is 0 Å². The topological polar surface area (TPSA) is 64.9 Å². The minimum absolute atomic E-state index is 0.0230. The molecule has 4 rings (SSSR count). The zero-order chi connectivity index (χ0) is 20.5. The largest absolute Gasteiger partial charge is 0.490 e. The minimum Gasteiger partial charge on any atom is -0.490 e. The molecule has 3 heterocycles. The predicted octanol–water partition coefficient (Wildman–Crippen LogP) is 3.98. The number of hydrogen-bond donors (Lipinski definition) is 1. The molecule has 0 aliphatic carbocycles. The quantitative estimate of drug-likeness (QED) is 0.712. The number of hydrogen-bond acceptors (Lipinski definition) is 4. The number of aromatic nitrogens is 2. The third-order valence-electron chi connectivity index (χ3n) is 5.08. The Morgan fingerprint density at radius 1 is 1.24 bits per heavy atom. The molecule has 6 heteroatoms. The van der Waals surface area contributed by atoms with Crippen molar-refractivity contribution < 1.29 is 14.3 Å². The van der Waals surface area contributed by atoms with Gasteiger partial charge in [-0.2, -0.15) is 0 Å². The highest BCUT2D eigenvalue weighted by molar-refractivity contribution is 5.78. The molecule has 0 fully saturated rings. The summed E-state index contributed by atoms with van der Waals surface area (Å²) >= 11 is 0. The highest BCUT2D eigenvalue weighted by Crippen LogP contribution is 2.38. The van der Waals surface area contributed by atoms with Crippen LogP contribution >= 0.6 is 0 Å². The molecule has 0 bridgehead atoms. The third kappa shape index (κ3) is 3.79. The van der Waals surface area contributed by atoms with E-state index in [0.717, 1.165) is 33.9 Å². The number of carbonyl (C=O) groups excluding carboxylic acids is 1. The number of rotatable bonds is 5. The van der Waals surface area contributed by atoms with Gasteiger partial charge in [0, 0.05) is 18.5 Å². The van der Waals surface area contributed by atoms with Crippen LogP contribution in [-0.2, 0) is 11.3 Å². The van der Waals surface area contributed by atoms with Gasteiger partial charge in [0.05, 0.1) is 30.6 Å². The average molecular weight is 393 g/mol. The van der Waals surface area contributed by atoms with Gasteiger partial charge in [-0.15, -0.1) is 0 Å². The molecule has 1 aliphatic heterocycles. The van der Waals surface area contributed by atoms with Crippen LogP contribution in [0.25, 0.3) is 5.65 Å². The fraction of sp³-hybridized carbons (Fsp3) is 0.391. The van der Waals surface area contributed by atoms with Crippen molar-refractivity contribution in [2.24, 2.45) is 0 Å². The molecular weight excluding hydrogens is 366 g/mol. The first kappa shape index (κ1) is 19.3. The predicted molar refractivity (Wildman–Crippen MR) is 112 cm³/mol. The highest BCUT2D eigenvalue weighted by Gasteiger charge is 2.29. The van der Waals surface area contributed by atoms with Crippen molar-refractivity contribution in [1.82, 2.24) is 14.7 Å². The van der Waals surface area contributed by atoms with Crippen LogP contribution in [0.2, 0.25) is 0 Å².